The highest BCUT2D eigenvalue weighted by Crippen LogP contribution is 2.38. The number of hydrogen-bond acceptors (Lipinski definition) is 4. The fraction of sp³-hybridized carbons (Fsp3) is 0.538. The van der Waals surface area contributed by atoms with Crippen LogP contribution in [-0.2, 0) is 6.54 Å². The average molecular weight is 291 g/mol. The van der Waals surface area contributed by atoms with E-state index in [2.05, 4.69) is 5.32 Å². The minimum Gasteiger partial charge on any atom is -0.484 e. The summed E-state index contributed by atoms with van der Waals surface area (Å²) in [5, 5.41) is 3.12. The lowest BCUT2D eigenvalue weighted by Crippen LogP contribution is -2.21. The SMILES string of the molecule is CCCNCc1cc2c(cc1OCC(F)(F)F)OCO2. The predicted molar refractivity (Wildman–Crippen MR) is 66.1 cm³/mol. The molecule has 112 valence electrons. The highest BCUT2D eigenvalue weighted by molar-refractivity contribution is 5.51. The summed E-state index contributed by atoms with van der Waals surface area (Å²) in [7, 11) is 0. The fourth-order valence-electron chi connectivity index (χ4n) is 1.80. The van der Waals surface area contributed by atoms with Crippen molar-refractivity contribution in [3.8, 4) is 17.2 Å². The van der Waals surface area contributed by atoms with Crippen molar-refractivity contribution < 1.29 is 27.4 Å². The van der Waals surface area contributed by atoms with Crippen LogP contribution < -0.4 is 19.5 Å². The summed E-state index contributed by atoms with van der Waals surface area (Å²) in [5.74, 6) is 1.09. The Morgan fingerprint density at radius 1 is 1.25 bits per heavy atom. The van der Waals surface area contributed by atoms with Crippen LogP contribution in [0.2, 0.25) is 0 Å². The number of fused-ring (bicyclic) bond motifs is 1. The van der Waals surface area contributed by atoms with Crippen LogP contribution in [0.1, 0.15) is 18.9 Å². The van der Waals surface area contributed by atoms with Crippen LogP contribution in [0.4, 0.5) is 13.2 Å². The minimum atomic E-state index is -4.37. The highest BCUT2D eigenvalue weighted by Gasteiger charge is 2.29. The van der Waals surface area contributed by atoms with E-state index >= 15 is 0 Å². The third-order valence-electron chi connectivity index (χ3n) is 2.69. The number of nitrogens with one attached hydrogen (secondary N) is 1. The van der Waals surface area contributed by atoms with Gasteiger partial charge in [0.05, 0.1) is 0 Å². The molecule has 0 saturated carbocycles. The van der Waals surface area contributed by atoms with Crippen molar-refractivity contribution in [3.63, 3.8) is 0 Å². The molecule has 0 spiro atoms. The maximum Gasteiger partial charge on any atom is 0.422 e. The molecular formula is C13H16F3NO3. The van der Waals surface area contributed by atoms with Gasteiger partial charge in [0.15, 0.2) is 18.1 Å². The van der Waals surface area contributed by atoms with Crippen LogP contribution in [-0.4, -0.2) is 26.1 Å². The summed E-state index contributed by atoms with van der Waals surface area (Å²) < 4.78 is 52.0. The highest BCUT2D eigenvalue weighted by atomic mass is 19.4. The number of halogens is 3. The van der Waals surface area contributed by atoms with Gasteiger partial charge in [-0.05, 0) is 19.0 Å². The van der Waals surface area contributed by atoms with E-state index in [1.807, 2.05) is 6.92 Å². The second-order valence-electron chi connectivity index (χ2n) is 4.39. The average Bonchev–Trinajstić information content (AvgIpc) is 2.82. The first-order valence-electron chi connectivity index (χ1n) is 6.32. The van der Waals surface area contributed by atoms with Gasteiger partial charge in [-0.3, -0.25) is 0 Å². The summed E-state index contributed by atoms with van der Waals surface area (Å²) >= 11 is 0. The van der Waals surface area contributed by atoms with Gasteiger partial charge in [0.25, 0.3) is 0 Å². The van der Waals surface area contributed by atoms with Crippen LogP contribution in [0.5, 0.6) is 17.2 Å². The van der Waals surface area contributed by atoms with Gasteiger partial charge in [0.2, 0.25) is 6.79 Å². The van der Waals surface area contributed by atoms with Crippen LogP contribution >= 0.6 is 0 Å². The molecular weight excluding hydrogens is 275 g/mol. The largest absolute Gasteiger partial charge is 0.484 e. The second kappa shape index (κ2) is 6.21. The quantitative estimate of drug-likeness (QED) is 0.818. The van der Waals surface area contributed by atoms with E-state index in [0.717, 1.165) is 13.0 Å². The van der Waals surface area contributed by atoms with Gasteiger partial charge >= 0.3 is 6.18 Å². The van der Waals surface area contributed by atoms with Gasteiger partial charge in [-0.15, -0.1) is 0 Å². The Kier molecular flexibility index (Phi) is 4.59. The molecule has 1 N–H and O–H groups in total. The number of rotatable bonds is 6. The van der Waals surface area contributed by atoms with Gasteiger partial charge in [0.1, 0.15) is 5.75 Å². The van der Waals surface area contributed by atoms with Gasteiger partial charge in [-0.1, -0.05) is 6.92 Å². The molecule has 0 radical (unpaired) electrons. The molecule has 1 aliphatic rings. The lowest BCUT2D eigenvalue weighted by molar-refractivity contribution is -0.153. The molecule has 0 fully saturated rings. The maximum atomic E-state index is 12.3. The van der Waals surface area contributed by atoms with E-state index in [-0.39, 0.29) is 12.5 Å². The third kappa shape index (κ3) is 3.93. The van der Waals surface area contributed by atoms with Crippen molar-refractivity contribution >= 4 is 0 Å². The molecule has 2 rings (SSSR count). The first-order chi connectivity index (χ1) is 9.49. The molecule has 0 saturated heterocycles. The Morgan fingerprint density at radius 2 is 1.95 bits per heavy atom. The lowest BCUT2D eigenvalue weighted by Gasteiger charge is -2.14. The number of ether oxygens (including phenoxy) is 3. The second-order valence-corrected chi connectivity index (χ2v) is 4.39. The normalized spacial score (nSPS) is 13.6. The first kappa shape index (κ1) is 14.8. The lowest BCUT2D eigenvalue weighted by atomic mass is 10.1. The Hall–Kier alpha value is -1.63. The summed E-state index contributed by atoms with van der Waals surface area (Å²) in [4.78, 5) is 0. The molecule has 0 aliphatic carbocycles. The van der Waals surface area contributed by atoms with Crippen molar-refractivity contribution in [2.75, 3.05) is 19.9 Å². The number of benzene rings is 1. The van der Waals surface area contributed by atoms with Crippen molar-refractivity contribution in [2.24, 2.45) is 0 Å². The van der Waals surface area contributed by atoms with Crippen molar-refractivity contribution in [2.45, 2.75) is 26.1 Å². The van der Waals surface area contributed by atoms with E-state index in [4.69, 9.17) is 14.2 Å². The summed E-state index contributed by atoms with van der Waals surface area (Å²) in [6.07, 6.45) is -3.44. The van der Waals surface area contributed by atoms with E-state index in [9.17, 15) is 13.2 Å². The molecule has 20 heavy (non-hydrogen) atoms. The topological polar surface area (TPSA) is 39.7 Å². The molecule has 0 aromatic heterocycles. The van der Waals surface area contributed by atoms with Crippen LogP contribution in [0.15, 0.2) is 12.1 Å². The van der Waals surface area contributed by atoms with Gasteiger partial charge in [-0.25, -0.2) is 0 Å². The minimum absolute atomic E-state index is 0.0693. The summed E-state index contributed by atoms with van der Waals surface area (Å²) in [6, 6.07) is 3.09. The van der Waals surface area contributed by atoms with Crippen LogP contribution in [0.25, 0.3) is 0 Å². The smallest absolute Gasteiger partial charge is 0.422 e. The third-order valence-corrected chi connectivity index (χ3v) is 2.69. The fourth-order valence-corrected chi connectivity index (χ4v) is 1.80. The molecule has 0 atom stereocenters. The Labute approximate surface area is 114 Å². The summed E-state index contributed by atoms with van der Waals surface area (Å²) in [5.41, 5.74) is 0.618. The monoisotopic (exact) mass is 291 g/mol. The number of hydrogen-bond donors (Lipinski definition) is 1. The van der Waals surface area contributed by atoms with E-state index in [0.29, 0.717) is 23.6 Å². The van der Waals surface area contributed by atoms with Gasteiger partial charge in [-0.2, -0.15) is 13.2 Å². The first-order valence-corrected chi connectivity index (χ1v) is 6.32. The van der Waals surface area contributed by atoms with Crippen molar-refractivity contribution in [1.29, 1.82) is 0 Å². The van der Waals surface area contributed by atoms with Crippen LogP contribution in [0.3, 0.4) is 0 Å². The Morgan fingerprint density at radius 3 is 2.60 bits per heavy atom. The zero-order valence-electron chi connectivity index (χ0n) is 11.0. The standard InChI is InChI=1S/C13H16F3NO3/c1-2-3-17-6-9-4-11-12(20-8-19-11)5-10(9)18-7-13(14,15)16/h4-5,17H,2-3,6-8H2,1H3. The molecule has 1 aromatic rings. The Balaban J connectivity index is 2.13. The van der Waals surface area contributed by atoms with E-state index in [1.54, 1.807) is 6.07 Å². The molecule has 1 heterocycles. The van der Waals surface area contributed by atoms with Crippen molar-refractivity contribution in [3.05, 3.63) is 17.7 Å². The molecule has 1 aliphatic heterocycles. The molecule has 1 aromatic carbocycles. The van der Waals surface area contributed by atoms with Crippen molar-refractivity contribution in [1.82, 2.24) is 5.32 Å². The van der Waals surface area contributed by atoms with Crippen LogP contribution in [0, 0.1) is 0 Å². The molecule has 0 bridgehead atoms. The molecule has 0 amide bonds. The molecule has 4 nitrogen and oxygen atoms in total. The Bertz CT molecular complexity index is 463. The van der Waals surface area contributed by atoms with Gasteiger partial charge < -0.3 is 19.5 Å². The zero-order valence-corrected chi connectivity index (χ0v) is 11.0. The predicted octanol–water partition coefficient (Wildman–Crippen LogP) is 2.86. The van der Waals surface area contributed by atoms with E-state index in [1.165, 1.54) is 6.07 Å². The molecule has 7 heteroatoms. The molecule has 0 unspecified atom stereocenters. The van der Waals surface area contributed by atoms with Gasteiger partial charge in [0, 0.05) is 18.2 Å². The maximum absolute atomic E-state index is 12.3. The zero-order chi connectivity index (χ0) is 14.6. The number of alkyl halides is 3. The van der Waals surface area contributed by atoms with E-state index < -0.39 is 12.8 Å². The summed E-state index contributed by atoms with van der Waals surface area (Å²) in [6.45, 7) is 1.94.